The average Bonchev–Trinajstić information content (AvgIpc) is 3.26. The van der Waals surface area contributed by atoms with Crippen molar-refractivity contribution in [3.8, 4) is 5.75 Å². The topological polar surface area (TPSA) is 59.4 Å². The van der Waals surface area contributed by atoms with Crippen LogP contribution in [0.4, 0.5) is 10.3 Å². The Hall–Kier alpha value is -3.39. The van der Waals surface area contributed by atoms with Crippen molar-refractivity contribution in [3.05, 3.63) is 88.1 Å². The molecule has 0 spiro atoms. The lowest BCUT2D eigenvalue weighted by molar-refractivity contribution is -0.125. The third-order valence-corrected chi connectivity index (χ3v) is 7.20. The molecule has 0 unspecified atom stereocenters. The van der Waals surface area contributed by atoms with Crippen LogP contribution in [-0.2, 0) is 17.9 Å². The van der Waals surface area contributed by atoms with E-state index in [9.17, 15) is 9.18 Å². The van der Waals surface area contributed by atoms with Gasteiger partial charge in [0.1, 0.15) is 11.6 Å². The number of amides is 1. The van der Waals surface area contributed by atoms with Crippen molar-refractivity contribution in [3.63, 3.8) is 0 Å². The third kappa shape index (κ3) is 5.23. The van der Waals surface area contributed by atoms with Crippen molar-refractivity contribution in [1.82, 2.24) is 14.9 Å². The highest BCUT2D eigenvalue weighted by Crippen LogP contribution is 2.29. The Morgan fingerprint density at radius 2 is 1.92 bits per heavy atom. The van der Waals surface area contributed by atoms with Gasteiger partial charge in [-0.05, 0) is 60.9 Å². The zero-order chi connectivity index (χ0) is 25.1. The average molecular weight is 551 g/mol. The maximum atomic E-state index is 13.8. The van der Waals surface area contributed by atoms with Crippen molar-refractivity contribution in [2.24, 2.45) is 5.92 Å². The number of hydrogen-bond acceptors (Lipinski definition) is 4. The highest BCUT2D eigenvalue weighted by molar-refractivity contribution is 9.10. The number of imidazole rings is 1. The van der Waals surface area contributed by atoms with Gasteiger partial charge in [0.15, 0.2) is 0 Å². The summed E-state index contributed by atoms with van der Waals surface area (Å²) >= 11 is 3.48. The van der Waals surface area contributed by atoms with Crippen molar-refractivity contribution >= 4 is 38.8 Å². The number of anilines is 1. The first-order chi connectivity index (χ1) is 17.5. The van der Waals surface area contributed by atoms with Crippen LogP contribution in [0.3, 0.4) is 0 Å². The maximum Gasteiger partial charge on any atom is 0.223 e. The number of hydrogen-bond donors (Lipinski definition) is 1. The Bertz CT molecular complexity index is 1380. The largest absolute Gasteiger partial charge is 0.496 e. The number of carbonyl (C=O) groups excluding carboxylic acids is 1. The van der Waals surface area contributed by atoms with Crippen molar-refractivity contribution in [1.29, 1.82) is 0 Å². The van der Waals surface area contributed by atoms with Crippen molar-refractivity contribution in [2.45, 2.75) is 25.9 Å². The van der Waals surface area contributed by atoms with Crippen LogP contribution in [0.2, 0.25) is 0 Å². The van der Waals surface area contributed by atoms with E-state index in [0.717, 1.165) is 64.3 Å². The number of nitrogens with zero attached hydrogens (tertiary/aromatic N) is 3. The number of carbonyl (C=O) groups is 1. The lowest BCUT2D eigenvalue weighted by Crippen LogP contribution is -2.41. The number of rotatable bonds is 7. The summed E-state index contributed by atoms with van der Waals surface area (Å²) in [6, 6.07) is 20.5. The fraction of sp³-hybridized carbons (Fsp3) is 0.286. The molecule has 6 nitrogen and oxygen atoms in total. The Kier molecular flexibility index (Phi) is 7.23. The molecule has 0 atom stereocenters. The van der Waals surface area contributed by atoms with Crippen LogP contribution in [0.25, 0.3) is 11.0 Å². The summed E-state index contributed by atoms with van der Waals surface area (Å²) in [5, 5.41) is 3.08. The molecule has 1 saturated heterocycles. The van der Waals surface area contributed by atoms with Gasteiger partial charge in [-0.25, -0.2) is 9.37 Å². The highest BCUT2D eigenvalue weighted by atomic mass is 79.9. The second-order valence-corrected chi connectivity index (χ2v) is 9.97. The van der Waals surface area contributed by atoms with Crippen molar-refractivity contribution in [2.75, 3.05) is 25.1 Å². The highest BCUT2D eigenvalue weighted by Gasteiger charge is 2.28. The lowest BCUT2D eigenvalue weighted by Gasteiger charge is -2.32. The minimum atomic E-state index is -0.245. The van der Waals surface area contributed by atoms with Gasteiger partial charge in [-0.2, -0.15) is 0 Å². The normalized spacial score (nSPS) is 14.2. The number of para-hydroxylation sites is 2. The first-order valence-corrected chi connectivity index (χ1v) is 12.9. The van der Waals surface area contributed by atoms with E-state index in [1.165, 1.54) is 6.07 Å². The van der Waals surface area contributed by atoms with Crippen LogP contribution in [0.5, 0.6) is 5.75 Å². The first kappa shape index (κ1) is 24.3. The molecule has 4 aromatic rings. The van der Waals surface area contributed by atoms with E-state index >= 15 is 0 Å². The van der Waals surface area contributed by atoms with Gasteiger partial charge in [0.2, 0.25) is 11.9 Å². The molecule has 0 radical (unpaired) electrons. The molecule has 1 aliphatic heterocycles. The predicted octanol–water partition coefficient (Wildman–Crippen LogP) is 5.53. The summed E-state index contributed by atoms with van der Waals surface area (Å²) in [4.78, 5) is 20.1. The molecular formula is C28H28BrFN4O2. The molecule has 1 amide bonds. The molecule has 1 fully saturated rings. The smallest absolute Gasteiger partial charge is 0.223 e. The second-order valence-electron chi connectivity index (χ2n) is 9.05. The number of halogens is 2. The molecule has 36 heavy (non-hydrogen) atoms. The second kappa shape index (κ2) is 10.7. The fourth-order valence-corrected chi connectivity index (χ4v) is 5.24. The Labute approximate surface area is 218 Å². The van der Waals surface area contributed by atoms with Crippen LogP contribution in [0.15, 0.2) is 71.2 Å². The van der Waals surface area contributed by atoms with E-state index in [-0.39, 0.29) is 17.6 Å². The van der Waals surface area contributed by atoms with E-state index in [1.807, 2.05) is 48.5 Å². The maximum absolute atomic E-state index is 13.8. The van der Waals surface area contributed by atoms with Crippen LogP contribution in [0, 0.1) is 11.7 Å². The van der Waals surface area contributed by atoms with Crippen LogP contribution in [-0.4, -0.2) is 35.7 Å². The molecule has 0 aliphatic carbocycles. The van der Waals surface area contributed by atoms with Crippen LogP contribution < -0.4 is 15.0 Å². The van der Waals surface area contributed by atoms with E-state index in [1.54, 1.807) is 19.2 Å². The van der Waals surface area contributed by atoms with Gasteiger partial charge in [0.05, 0.1) is 24.7 Å². The van der Waals surface area contributed by atoms with Crippen molar-refractivity contribution < 1.29 is 13.9 Å². The summed E-state index contributed by atoms with van der Waals surface area (Å²) in [7, 11) is 1.63. The first-order valence-electron chi connectivity index (χ1n) is 12.1. The number of benzene rings is 3. The molecule has 8 heteroatoms. The SMILES string of the molecule is COc1ccc(Br)cc1CNC(=O)C1CCN(c2nc3ccccc3n2Cc2cccc(F)c2)CC1. The van der Waals surface area contributed by atoms with Gasteiger partial charge in [0, 0.05) is 35.6 Å². The summed E-state index contributed by atoms with van der Waals surface area (Å²) in [6.45, 7) is 2.41. The monoisotopic (exact) mass is 550 g/mol. The number of methoxy groups -OCH3 is 1. The number of ether oxygens (including phenoxy) is 1. The van der Waals surface area contributed by atoms with Gasteiger partial charge >= 0.3 is 0 Å². The molecule has 1 aliphatic rings. The molecule has 0 saturated carbocycles. The number of fused-ring (bicyclic) bond motifs is 1. The summed E-state index contributed by atoms with van der Waals surface area (Å²) in [5.41, 5.74) is 3.74. The van der Waals surface area contributed by atoms with Gasteiger partial charge in [-0.3, -0.25) is 4.79 Å². The zero-order valence-corrected chi connectivity index (χ0v) is 21.7. The van der Waals surface area contributed by atoms with E-state index in [4.69, 9.17) is 9.72 Å². The standard InChI is InChI=1S/C28H28BrFN4O2/c1-36-26-10-9-22(29)16-21(26)17-31-27(35)20-11-13-33(14-12-20)28-32-24-7-2-3-8-25(24)34(28)18-19-5-4-6-23(30)15-19/h2-10,15-16,20H,11-14,17-18H2,1H3,(H,31,35). The Balaban J connectivity index is 1.27. The summed E-state index contributed by atoms with van der Waals surface area (Å²) in [6.07, 6.45) is 1.48. The van der Waals surface area contributed by atoms with E-state index in [0.29, 0.717) is 13.1 Å². The molecule has 0 bridgehead atoms. The molecule has 186 valence electrons. The number of nitrogens with one attached hydrogen (secondary N) is 1. The number of aromatic nitrogens is 2. The zero-order valence-electron chi connectivity index (χ0n) is 20.1. The molecule has 1 aromatic heterocycles. The van der Waals surface area contributed by atoms with Gasteiger partial charge in [0.25, 0.3) is 0 Å². The minimum Gasteiger partial charge on any atom is -0.496 e. The van der Waals surface area contributed by atoms with Crippen LogP contribution in [0.1, 0.15) is 24.0 Å². The lowest BCUT2D eigenvalue weighted by atomic mass is 9.96. The Morgan fingerprint density at radius 3 is 2.69 bits per heavy atom. The third-order valence-electron chi connectivity index (χ3n) is 6.71. The molecule has 1 N–H and O–H groups in total. The quantitative estimate of drug-likeness (QED) is 0.328. The molecule has 3 aromatic carbocycles. The van der Waals surface area contributed by atoms with E-state index in [2.05, 4.69) is 30.7 Å². The van der Waals surface area contributed by atoms with Gasteiger partial charge in [-0.15, -0.1) is 0 Å². The predicted molar refractivity (Wildman–Crippen MR) is 143 cm³/mol. The molecular weight excluding hydrogens is 523 g/mol. The fourth-order valence-electron chi connectivity index (χ4n) is 4.83. The Morgan fingerprint density at radius 1 is 1.11 bits per heavy atom. The summed E-state index contributed by atoms with van der Waals surface area (Å²) in [5.74, 6) is 1.37. The molecule has 5 rings (SSSR count). The molecule has 2 heterocycles. The van der Waals surface area contributed by atoms with Gasteiger partial charge in [-0.1, -0.05) is 40.2 Å². The van der Waals surface area contributed by atoms with E-state index < -0.39 is 0 Å². The number of piperidine rings is 1. The minimum absolute atomic E-state index is 0.0551. The summed E-state index contributed by atoms with van der Waals surface area (Å²) < 4.78 is 22.3. The van der Waals surface area contributed by atoms with Gasteiger partial charge < -0.3 is 19.5 Å². The van der Waals surface area contributed by atoms with Crippen LogP contribution >= 0.6 is 15.9 Å².